The number of guanidine groups is 1. The van der Waals surface area contributed by atoms with Crippen LogP contribution in [-0.2, 0) is 11.2 Å². The lowest BCUT2D eigenvalue weighted by atomic mass is 10.1. The molecule has 0 amide bonds. The zero-order chi connectivity index (χ0) is 17.4. The maximum Gasteiger partial charge on any atom is 0.191 e. The maximum atomic E-state index is 5.20. The highest BCUT2D eigenvalue weighted by molar-refractivity contribution is 14.0. The summed E-state index contributed by atoms with van der Waals surface area (Å²) in [6.45, 7) is 8.80. The first-order valence-corrected chi connectivity index (χ1v) is 8.74. The van der Waals surface area contributed by atoms with Gasteiger partial charge in [-0.3, -0.25) is 4.99 Å². The fraction of sp³-hybridized carbons (Fsp3) is 0.765. The lowest BCUT2D eigenvalue weighted by Crippen LogP contribution is -2.49. The molecule has 8 heteroatoms. The molecule has 0 saturated carbocycles. The summed E-state index contributed by atoms with van der Waals surface area (Å²) in [6, 6.07) is 0.481. The highest BCUT2D eigenvalue weighted by atomic mass is 127. The number of nitrogens with one attached hydrogen (secondary N) is 2. The van der Waals surface area contributed by atoms with Gasteiger partial charge in [-0.2, -0.15) is 0 Å². The van der Waals surface area contributed by atoms with Crippen LogP contribution >= 0.6 is 24.0 Å². The van der Waals surface area contributed by atoms with E-state index in [1.54, 1.807) is 7.11 Å². The van der Waals surface area contributed by atoms with E-state index in [1.807, 2.05) is 20.9 Å². The lowest BCUT2D eigenvalue weighted by molar-refractivity contribution is 0.128. The van der Waals surface area contributed by atoms with Gasteiger partial charge in [0, 0.05) is 51.9 Å². The number of piperidine rings is 1. The number of aryl methyl sites for hydroxylation is 2. The normalized spacial score (nSPS) is 16.6. The molecular formula is C17H32IN5O2. The number of methoxy groups -OCH3 is 1. The summed E-state index contributed by atoms with van der Waals surface area (Å²) in [7, 11) is 3.57. The molecule has 1 aliphatic heterocycles. The lowest BCUT2D eigenvalue weighted by Gasteiger charge is -2.32. The van der Waals surface area contributed by atoms with Crippen molar-refractivity contribution in [3.05, 3.63) is 17.0 Å². The SMILES string of the molecule is CN=C(NCCc1c(C)noc1C)NC1CCN(CCOC)CC1.I. The molecule has 1 fully saturated rings. The van der Waals surface area contributed by atoms with E-state index >= 15 is 0 Å². The monoisotopic (exact) mass is 465 g/mol. The van der Waals surface area contributed by atoms with Gasteiger partial charge in [-0.25, -0.2) is 0 Å². The number of likely N-dealkylation sites (tertiary alicyclic amines) is 1. The highest BCUT2D eigenvalue weighted by Crippen LogP contribution is 2.12. The Bertz CT molecular complexity index is 508. The second-order valence-electron chi connectivity index (χ2n) is 6.30. The molecule has 0 radical (unpaired) electrons. The average Bonchev–Trinajstić information content (AvgIpc) is 2.92. The van der Waals surface area contributed by atoms with Gasteiger partial charge in [-0.1, -0.05) is 5.16 Å². The van der Waals surface area contributed by atoms with Gasteiger partial charge in [-0.05, 0) is 33.1 Å². The summed E-state index contributed by atoms with van der Waals surface area (Å²) in [4.78, 5) is 6.79. The molecule has 0 atom stereocenters. The number of hydrogen-bond donors (Lipinski definition) is 2. The van der Waals surface area contributed by atoms with E-state index in [0.29, 0.717) is 6.04 Å². The van der Waals surface area contributed by atoms with Crippen LogP contribution in [0.4, 0.5) is 0 Å². The summed E-state index contributed by atoms with van der Waals surface area (Å²) in [5.74, 6) is 1.78. The molecule has 1 aliphatic rings. The minimum Gasteiger partial charge on any atom is -0.383 e. The highest BCUT2D eigenvalue weighted by Gasteiger charge is 2.19. The fourth-order valence-corrected chi connectivity index (χ4v) is 3.07. The smallest absolute Gasteiger partial charge is 0.191 e. The third-order valence-corrected chi connectivity index (χ3v) is 4.61. The molecule has 0 unspecified atom stereocenters. The van der Waals surface area contributed by atoms with Crippen LogP contribution in [0.25, 0.3) is 0 Å². The van der Waals surface area contributed by atoms with E-state index in [9.17, 15) is 0 Å². The van der Waals surface area contributed by atoms with Gasteiger partial charge < -0.3 is 24.8 Å². The van der Waals surface area contributed by atoms with E-state index in [4.69, 9.17) is 9.26 Å². The first-order chi connectivity index (χ1) is 11.6. The Kier molecular flexibility index (Phi) is 10.4. The molecule has 1 aromatic heterocycles. The Labute approximate surface area is 168 Å². The van der Waals surface area contributed by atoms with Crippen molar-refractivity contribution in [1.82, 2.24) is 20.7 Å². The quantitative estimate of drug-likeness (QED) is 0.363. The topological polar surface area (TPSA) is 74.9 Å². The summed E-state index contributed by atoms with van der Waals surface area (Å²) in [6.07, 6.45) is 3.15. The maximum absolute atomic E-state index is 5.20. The van der Waals surface area contributed by atoms with Crippen molar-refractivity contribution in [3.8, 4) is 0 Å². The number of halogens is 1. The fourth-order valence-electron chi connectivity index (χ4n) is 3.07. The Hall–Kier alpha value is -0.870. The van der Waals surface area contributed by atoms with Gasteiger partial charge in [-0.15, -0.1) is 24.0 Å². The van der Waals surface area contributed by atoms with Gasteiger partial charge in [0.25, 0.3) is 0 Å². The van der Waals surface area contributed by atoms with Gasteiger partial charge in [0.05, 0.1) is 12.3 Å². The zero-order valence-electron chi connectivity index (χ0n) is 15.8. The van der Waals surface area contributed by atoms with Crippen LogP contribution in [0.3, 0.4) is 0 Å². The molecule has 0 spiro atoms. The second-order valence-corrected chi connectivity index (χ2v) is 6.30. The molecule has 2 N–H and O–H groups in total. The Morgan fingerprint density at radius 3 is 2.64 bits per heavy atom. The predicted molar refractivity (Wildman–Crippen MR) is 111 cm³/mol. The molecule has 0 bridgehead atoms. The van der Waals surface area contributed by atoms with E-state index in [-0.39, 0.29) is 24.0 Å². The van der Waals surface area contributed by atoms with Crippen LogP contribution < -0.4 is 10.6 Å². The number of aliphatic imine (C=N–C) groups is 1. The van der Waals surface area contributed by atoms with Crippen molar-refractivity contribution in [3.63, 3.8) is 0 Å². The molecule has 0 aromatic carbocycles. The zero-order valence-corrected chi connectivity index (χ0v) is 18.1. The summed E-state index contributed by atoms with van der Waals surface area (Å²) in [5, 5.41) is 10.9. The third-order valence-electron chi connectivity index (χ3n) is 4.61. The Morgan fingerprint density at radius 2 is 2.08 bits per heavy atom. The van der Waals surface area contributed by atoms with Crippen LogP contribution in [0.5, 0.6) is 0 Å². The Balaban J connectivity index is 0.00000312. The Morgan fingerprint density at radius 1 is 1.36 bits per heavy atom. The molecule has 1 aromatic rings. The van der Waals surface area contributed by atoms with E-state index in [0.717, 1.165) is 69.5 Å². The van der Waals surface area contributed by atoms with Crippen molar-refractivity contribution in [2.24, 2.45) is 4.99 Å². The molecule has 0 aliphatic carbocycles. The largest absolute Gasteiger partial charge is 0.383 e. The minimum atomic E-state index is 0. The molecular weight excluding hydrogens is 433 g/mol. The van der Waals surface area contributed by atoms with Crippen molar-refractivity contribution < 1.29 is 9.26 Å². The minimum absolute atomic E-state index is 0. The number of aromatic nitrogens is 1. The first-order valence-electron chi connectivity index (χ1n) is 8.74. The molecule has 144 valence electrons. The second kappa shape index (κ2) is 11.7. The van der Waals surface area contributed by atoms with E-state index < -0.39 is 0 Å². The summed E-state index contributed by atoms with van der Waals surface area (Å²) >= 11 is 0. The molecule has 1 saturated heterocycles. The number of hydrogen-bond acceptors (Lipinski definition) is 5. The molecule has 25 heavy (non-hydrogen) atoms. The third kappa shape index (κ3) is 7.10. The average molecular weight is 465 g/mol. The van der Waals surface area contributed by atoms with Gasteiger partial charge in [0.2, 0.25) is 0 Å². The number of rotatable bonds is 7. The first kappa shape index (κ1) is 22.2. The van der Waals surface area contributed by atoms with Gasteiger partial charge >= 0.3 is 0 Å². The van der Waals surface area contributed by atoms with Crippen LogP contribution in [-0.4, -0.2) is 69.0 Å². The van der Waals surface area contributed by atoms with Crippen LogP contribution in [0.15, 0.2) is 9.52 Å². The number of nitrogens with zero attached hydrogens (tertiary/aromatic N) is 3. The van der Waals surface area contributed by atoms with Crippen molar-refractivity contribution in [2.75, 3.05) is 46.9 Å². The van der Waals surface area contributed by atoms with Crippen LogP contribution in [0.1, 0.15) is 29.9 Å². The van der Waals surface area contributed by atoms with Crippen molar-refractivity contribution in [2.45, 2.75) is 39.2 Å². The molecule has 2 rings (SSSR count). The predicted octanol–water partition coefficient (Wildman–Crippen LogP) is 1.73. The van der Waals surface area contributed by atoms with Crippen molar-refractivity contribution in [1.29, 1.82) is 0 Å². The summed E-state index contributed by atoms with van der Waals surface area (Å²) < 4.78 is 10.3. The van der Waals surface area contributed by atoms with Gasteiger partial charge in [0.15, 0.2) is 5.96 Å². The van der Waals surface area contributed by atoms with Gasteiger partial charge in [0.1, 0.15) is 5.76 Å². The van der Waals surface area contributed by atoms with E-state index in [2.05, 4.69) is 25.7 Å². The summed E-state index contributed by atoms with van der Waals surface area (Å²) in [5.41, 5.74) is 2.16. The standard InChI is InChI=1S/C17H31N5O2.HI/c1-13-16(14(2)24-21-13)5-8-19-17(18-3)20-15-6-9-22(10-7-15)11-12-23-4;/h15H,5-12H2,1-4H3,(H2,18,19,20);1H. The van der Waals surface area contributed by atoms with Crippen LogP contribution in [0.2, 0.25) is 0 Å². The van der Waals surface area contributed by atoms with E-state index in [1.165, 1.54) is 5.56 Å². The van der Waals surface area contributed by atoms with Crippen molar-refractivity contribution >= 4 is 29.9 Å². The van der Waals surface area contributed by atoms with Crippen LogP contribution in [0, 0.1) is 13.8 Å². The molecule has 2 heterocycles. The molecule has 7 nitrogen and oxygen atoms in total. The number of ether oxygens (including phenoxy) is 1.